The number of hydrogen-bond acceptors (Lipinski definition) is 4. The maximum absolute atomic E-state index is 13.6. The summed E-state index contributed by atoms with van der Waals surface area (Å²) in [5.41, 5.74) is 1.65. The van der Waals surface area contributed by atoms with Crippen molar-refractivity contribution in [1.29, 1.82) is 0 Å². The Kier molecular flexibility index (Phi) is 4.52. The van der Waals surface area contributed by atoms with Gasteiger partial charge in [0.25, 0.3) is 0 Å². The molecule has 0 radical (unpaired) electrons. The molecule has 0 atom stereocenters. The van der Waals surface area contributed by atoms with Crippen LogP contribution in [0.1, 0.15) is 11.5 Å². The molecule has 0 aliphatic heterocycles. The van der Waals surface area contributed by atoms with E-state index in [-0.39, 0.29) is 6.61 Å². The van der Waals surface area contributed by atoms with Crippen molar-refractivity contribution in [3.05, 3.63) is 70.3 Å². The van der Waals surface area contributed by atoms with Crippen LogP contribution in [0.25, 0.3) is 17.2 Å². The van der Waals surface area contributed by atoms with Gasteiger partial charge in [-0.1, -0.05) is 34.1 Å². The summed E-state index contributed by atoms with van der Waals surface area (Å²) in [6, 6.07) is 11.8. The van der Waals surface area contributed by atoms with Crippen molar-refractivity contribution in [2.24, 2.45) is 0 Å². The highest BCUT2D eigenvalue weighted by atomic mass is 79.9. The number of esters is 1. The number of halogens is 2. The Bertz CT molecular complexity index is 855. The third kappa shape index (κ3) is 3.84. The van der Waals surface area contributed by atoms with E-state index >= 15 is 0 Å². The molecule has 0 N–H and O–H groups in total. The number of carbonyl (C=O) groups is 1. The van der Waals surface area contributed by atoms with Crippen LogP contribution in [0.2, 0.25) is 0 Å². The Labute approximate surface area is 139 Å². The standard InChI is InChI=1S/C17H11BrFNO3/c18-12-6-5-11(13(19)9-12)10-22-17(21)8-7-16-20-14-3-1-2-4-15(14)23-16/h1-9H,10H2/b8-7+. The van der Waals surface area contributed by atoms with Crippen LogP contribution in [-0.4, -0.2) is 11.0 Å². The number of ether oxygens (including phenoxy) is 1. The summed E-state index contributed by atoms with van der Waals surface area (Å²) < 4.78 is 24.7. The molecular weight excluding hydrogens is 365 g/mol. The second kappa shape index (κ2) is 6.75. The number of fused-ring (bicyclic) bond motifs is 1. The van der Waals surface area contributed by atoms with Crippen LogP contribution in [0.15, 0.2) is 57.4 Å². The molecule has 4 nitrogen and oxygen atoms in total. The van der Waals surface area contributed by atoms with Crippen LogP contribution < -0.4 is 0 Å². The number of nitrogens with zero attached hydrogens (tertiary/aromatic N) is 1. The second-order valence-corrected chi connectivity index (χ2v) is 5.61. The molecule has 116 valence electrons. The van der Waals surface area contributed by atoms with E-state index in [1.165, 1.54) is 18.2 Å². The maximum Gasteiger partial charge on any atom is 0.331 e. The zero-order valence-corrected chi connectivity index (χ0v) is 13.4. The Morgan fingerprint density at radius 3 is 2.91 bits per heavy atom. The molecule has 23 heavy (non-hydrogen) atoms. The summed E-state index contributed by atoms with van der Waals surface area (Å²) in [6.07, 6.45) is 2.61. The first-order valence-electron chi connectivity index (χ1n) is 6.76. The van der Waals surface area contributed by atoms with E-state index in [4.69, 9.17) is 9.15 Å². The van der Waals surface area contributed by atoms with Crippen LogP contribution in [0, 0.1) is 5.82 Å². The number of para-hydroxylation sites is 2. The topological polar surface area (TPSA) is 52.3 Å². The van der Waals surface area contributed by atoms with Crippen molar-refractivity contribution in [3.8, 4) is 0 Å². The molecule has 0 bridgehead atoms. The number of benzene rings is 2. The summed E-state index contributed by atoms with van der Waals surface area (Å²) in [5.74, 6) is -0.734. The van der Waals surface area contributed by atoms with Crippen molar-refractivity contribution < 1.29 is 18.3 Å². The molecule has 3 rings (SSSR count). The maximum atomic E-state index is 13.6. The van der Waals surface area contributed by atoms with Gasteiger partial charge in [-0.15, -0.1) is 0 Å². The predicted octanol–water partition coefficient (Wildman–Crippen LogP) is 4.49. The average Bonchev–Trinajstić information content (AvgIpc) is 2.95. The quantitative estimate of drug-likeness (QED) is 0.498. The van der Waals surface area contributed by atoms with E-state index in [2.05, 4.69) is 20.9 Å². The van der Waals surface area contributed by atoms with Gasteiger partial charge in [-0.25, -0.2) is 14.2 Å². The lowest BCUT2D eigenvalue weighted by Gasteiger charge is -2.03. The van der Waals surface area contributed by atoms with Gasteiger partial charge in [0.15, 0.2) is 5.58 Å². The first kappa shape index (κ1) is 15.4. The molecule has 0 unspecified atom stereocenters. The Morgan fingerprint density at radius 1 is 1.30 bits per heavy atom. The van der Waals surface area contributed by atoms with Crippen molar-refractivity contribution in [2.75, 3.05) is 0 Å². The number of hydrogen-bond donors (Lipinski definition) is 0. The number of carbonyl (C=O) groups excluding carboxylic acids is 1. The van der Waals surface area contributed by atoms with E-state index in [1.807, 2.05) is 18.2 Å². The van der Waals surface area contributed by atoms with Crippen molar-refractivity contribution in [3.63, 3.8) is 0 Å². The van der Waals surface area contributed by atoms with Gasteiger partial charge in [-0.2, -0.15) is 0 Å². The molecule has 0 fully saturated rings. The average molecular weight is 376 g/mol. The summed E-state index contributed by atoms with van der Waals surface area (Å²) in [6.45, 7) is -0.143. The van der Waals surface area contributed by atoms with Crippen molar-refractivity contribution >= 4 is 39.1 Å². The minimum absolute atomic E-state index is 0.143. The fourth-order valence-corrected chi connectivity index (χ4v) is 2.27. The van der Waals surface area contributed by atoms with Crippen LogP contribution in [0.4, 0.5) is 4.39 Å². The predicted molar refractivity (Wildman–Crippen MR) is 86.9 cm³/mol. The summed E-state index contributed by atoms with van der Waals surface area (Å²) in [4.78, 5) is 15.9. The Hall–Kier alpha value is -2.47. The smallest absolute Gasteiger partial charge is 0.331 e. The zero-order valence-electron chi connectivity index (χ0n) is 11.8. The van der Waals surface area contributed by atoms with Gasteiger partial charge in [0.05, 0.1) is 0 Å². The fraction of sp³-hybridized carbons (Fsp3) is 0.0588. The third-order valence-corrected chi connectivity index (χ3v) is 3.55. The summed E-state index contributed by atoms with van der Waals surface area (Å²) in [7, 11) is 0. The van der Waals surface area contributed by atoms with Crippen molar-refractivity contribution in [2.45, 2.75) is 6.61 Å². The van der Waals surface area contributed by atoms with Gasteiger partial charge in [0.1, 0.15) is 17.9 Å². The SMILES string of the molecule is O=C(/C=C/c1nc2ccccc2o1)OCc1ccc(Br)cc1F. The normalized spacial score (nSPS) is 11.2. The minimum atomic E-state index is -0.602. The van der Waals surface area contributed by atoms with Crippen LogP contribution in [0.3, 0.4) is 0 Å². The zero-order chi connectivity index (χ0) is 16.2. The monoisotopic (exact) mass is 375 g/mol. The van der Waals surface area contributed by atoms with E-state index in [1.54, 1.807) is 18.2 Å². The molecule has 0 amide bonds. The molecular formula is C17H11BrFNO3. The van der Waals surface area contributed by atoms with Crippen LogP contribution >= 0.6 is 15.9 Å². The Balaban J connectivity index is 1.62. The number of rotatable bonds is 4. The number of aromatic nitrogens is 1. The highest BCUT2D eigenvalue weighted by Gasteiger charge is 2.06. The molecule has 0 saturated heterocycles. The molecule has 0 spiro atoms. The van der Waals surface area contributed by atoms with Gasteiger partial charge in [0.2, 0.25) is 5.89 Å². The van der Waals surface area contributed by atoms with Crippen LogP contribution in [-0.2, 0) is 16.1 Å². The highest BCUT2D eigenvalue weighted by molar-refractivity contribution is 9.10. The molecule has 0 aliphatic rings. The van der Waals surface area contributed by atoms with E-state index in [0.717, 1.165) is 0 Å². The fourth-order valence-electron chi connectivity index (χ4n) is 1.94. The van der Waals surface area contributed by atoms with Gasteiger partial charge in [-0.05, 0) is 24.3 Å². The first-order chi connectivity index (χ1) is 11.1. The lowest BCUT2D eigenvalue weighted by atomic mass is 10.2. The van der Waals surface area contributed by atoms with Gasteiger partial charge < -0.3 is 9.15 Å². The molecule has 1 aromatic heterocycles. The van der Waals surface area contributed by atoms with E-state index < -0.39 is 11.8 Å². The molecule has 0 aliphatic carbocycles. The summed E-state index contributed by atoms with van der Waals surface area (Å²) in [5, 5.41) is 0. The molecule has 1 heterocycles. The number of oxazole rings is 1. The van der Waals surface area contributed by atoms with E-state index in [0.29, 0.717) is 27.0 Å². The van der Waals surface area contributed by atoms with Crippen LogP contribution in [0.5, 0.6) is 0 Å². The molecule has 3 aromatic rings. The Morgan fingerprint density at radius 2 is 2.13 bits per heavy atom. The molecule has 2 aromatic carbocycles. The second-order valence-electron chi connectivity index (χ2n) is 4.70. The minimum Gasteiger partial charge on any atom is -0.458 e. The highest BCUT2D eigenvalue weighted by Crippen LogP contribution is 2.17. The van der Waals surface area contributed by atoms with Gasteiger partial charge in [0, 0.05) is 22.2 Å². The van der Waals surface area contributed by atoms with Gasteiger partial charge >= 0.3 is 5.97 Å². The first-order valence-corrected chi connectivity index (χ1v) is 7.55. The lowest BCUT2D eigenvalue weighted by molar-refractivity contribution is -0.139. The van der Waals surface area contributed by atoms with Gasteiger partial charge in [-0.3, -0.25) is 0 Å². The van der Waals surface area contributed by atoms with Crippen molar-refractivity contribution in [1.82, 2.24) is 4.98 Å². The molecule has 6 heteroatoms. The summed E-state index contributed by atoms with van der Waals surface area (Å²) >= 11 is 3.17. The largest absolute Gasteiger partial charge is 0.458 e. The lowest BCUT2D eigenvalue weighted by Crippen LogP contribution is -2.02. The molecule has 0 saturated carbocycles. The third-order valence-electron chi connectivity index (χ3n) is 3.06. The van der Waals surface area contributed by atoms with E-state index in [9.17, 15) is 9.18 Å².